The van der Waals surface area contributed by atoms with Crippen molar-refractivity contribution in [3.8, 4) is 0 Å². The fraction of sp³-hybridized carbons (Fsp3) is 0.312. The largest absolute Gasteiger partial charge is 0.325 e. The van der Waals surface area contributed by atoms with Crippen LogP contribution in [0.4, 0.5) is 5.69 Å². The fourth-order valence-corrected chi connectivity index (χ4v) is 3.31. The van der Waals surface area contributed by atoms with E-state index in [-0.39, 0.29) is 5.91 Å². The lowest BCUT2D eigenvalue weighted by molar-refractivity contribution is -0.117. The van der Waals surface area contributed by atoms with Gasteiger partial charge < -0.3 is 5.32 Å². The van der Waals surface area contributed by atoms with Crippen LogP contribution in [0.25, 0.3) is 0 Å². The highest BCUT2D eigenvalue weighted by atomic mass is 79.9. The Morgan fingerprint density at radius 3 is 2.81 bits per heavy atom. The number of nitrogens with one attached hydrogen (secondary N) is 1. The van der Waals surface area contributed by atoms with E-state index in [2.05, 4.69) is 45.7 Å². The highest BCUT2D eigenvalue weighted by molar-refractivity contribution is 9.11. The highest BCUT2D eigenvalue weighted by Gasteiger charge is 2.08. The van der Waals surface area contributed by atoms with Gasteiger partial charge in [-0.3, -0.25) is 9.69 Å². The van der Waals surface area contributed by atoms with Gasteiger partial charge in [-0.2, -0.15) is 0 Å². The zero-order chi connectivity index (χ0) is 15.2. The lowest BCUT2D eigenvalue weighted by atomic mass is 10.1. The molecule has 0 saturated heterocycles. The number of hydrogen-bond donors (Lipinski definition) is 1. The Hall–Kier alpha value is -1.17. The number of aryl methyl sites for hydroxylation is 1. The van der Waals surface area contributed by atoms with Gasteiger partial charge in [0.2, 0.25) is 5.91 Å². The van der Waals surface area contributed by atoms with Crippen molar-refractivity contribution in [2.45, 2.75) is 19.9 Å². The van der Waals surface area contributed by atoms with Crippen molar-refractivity contribution >= 4 is 38.9 Å². The minimum Gasteiger partial charge on any atom is -0.325 e. The molecule has 0 aliphatic carbocycles. The van der Waals surface area contributed by atoms with Crippen molar-refractivity contribution < 1.29 is 4.79 Å². The van der Waals surface area contributed by atoms with Crippen molar-refractivity contribution in [2.24, 2.45) is 0 Å². The second-order valence-electron chi connectivity index (χ2n) is 5.03. The molecule has 5 heteroatoms. The highest BCUT2D eigenvalue weighted by Crippen LogP contribution is 2.21. The van der Waals surface area contributed by atoms with Crippen molar-refractivity contribution in [1.29, 1.82) is 0 Å². The third kappa shape index (κ3) is 5.26. The number of benzene rings is 1. The zero-order valence-corrected chi connectivity index (χ0v) is 14.6. The van der Waals surface area contributed by atoms with Crippen LogP contribution in [-0.2, 0) is 17.8 Å². The second-order valence-corrected chi connectivity index (χ2v) is 7.32. The molecule has 2 rings (SSSR count). The molecule has 0 fully saturated rings. The van der Waals surface area contributed by atoms with Crippen LogP contribution < -0.4 is 5.32 Å². The fourth-order valence-electron chi connectivity index (χ4n) is 2.11. The molecule has 0 aliphatic heterocycles. The van der Waals surface area contributed by atoms with Crippen LogP contribution in [-0.4, -0.2) is 24.4 Å². The van der Waals surface area contributed by atoms with Crippen LogP contribution >= 0.6 is 27.3 Å². The predicted molar refractivity (Wildman–Crippen MR) is 92.8 cm³/mol. The molecular formula is C16H19BrN2OS. The van der Waals surface area contributed by atoms with E-state index in [9.17, 15) is 4.79 Å². The van der Waals surface area contributed by atoms with E-state index < -0.39 is 0 Å². The number of carbonyl (C=O) groups is 1. The molecule has 1 amide bonds. The molecule has 3 nitrogen and oxygen atoms in total. The molecule has 1 heterocycles. The van der Waals surface area contributed by atoms with Crippen LogP contribution in [0.3, 0.4) is 0 Å². The van der Waals surface area contributed by atoms with E-state index in [1.807, 2.05) is 30.1 Å². The van der Waals surface area contributed by atoms with E-state index in [1.165, 1.54) is 11.1 Å². The number of anilines is 1. The van der Waals surface area contributed by atoms with Gasteiger partial charge in [0.25, 0.3) is 0 Å². The Kier molecular flexibility index (Phi) is 5.96. The molecule has 2 aromatic rings. The average molecular weight is 367 g/mol. The summed E-state index contributed by atoms with van der Waals surface area (Å²) in [6.07, 6.45) is 0.969. The molecule has 1 N–H and O–H groups in total. The summed E-state index contributed by atoms with van der Waals surface area (Å²) in [5.41, 5.74) is 3.31. The molecule has 0 spiro atoms. The summed E-state index contributed by atoms with van der Waals surface area (Å²) in [5.74, 6) is 0.0139. The number of halogens is 1. The van der Waals surface area contributed by atoms with Gasteiger partial charge in [-0.05, 0) is 64.1 Å². The first-order chi connectivity index (χ1) is 10.1. The van der Waals surface area contributed by atoms with Gasteiger partial charge in [0.15, 0.2) is 0 Å². The number of rotatable bonds is 6. The Balaban J connectivity index is 1.85. The Morgan fingerprint density at radius 1 is 1.33 bits per heavy atom. The first-order valence-corrected chi connectivity index (χ1v) is 8.54. The monoisotopic (exact) mass is 366 g/mol. The van der Waals surface area contributed by atoms with Gasteiger partial charge in [-0.1, -0.05) is 19.1 Å². The van der Waals surface area contributed by atoms with Gasteiger partial charge in [0.1, 0.15) is 0 Å². The number of amides is 1. The predicted octanol–water partition coefficient (Wildman–Crippen LogP) is 4.14. The van der Waals surface area contributed by atoms with Crippen LogP contribution in [0.15, 0.2) is 39.5 Å². The summed E-state index contributed by atoms with van der Waals surface area (Å²) in [6, 6.07) is 10.1. The number of hydrogen-bond acceptors (Lipinski definition) is 3. The summed E-state index contributed by atoms with van der Waals surface area (Å²) < 4.78 is 1.12. The van der Waals surface area contributed by atoms with E-state index in [0.29, 0.717) is 6.54 Å². The van der Waals surface area contributed by atoms with Crippen molar-refractivity contribution in [2.75, 3.05) is 18.9 Å². The first-order valence-electron chi connectivity index (χ1n) is 6.87. The standard InChI is InChI=1S/C16H19BrN2OS/c1-3-12-5-4-6-14(7-12)18-16(20)10-19(2)9-13-8-15(17)21-11-13/h4-8,11H,3,9-10H2,1-2H3,(H,18,20). The lowest BCUT2D eigenvalue weighted by Gasteiger charge is -2.15. The Bertz CT molecular complexity index is 612. The third-order valence-corrected chi connectivity index (χ3v) is 4.66. The first kappa shape index (κ1) is 16.2. The van der Waals surface area contributed by atoms with Gasteiger partial charge in [-0.15, -0.1) is 11.3 Å². The normalized spacial score (nSPS) is 10.9. The van der Waals surface area contributed by atoms with E-state index >= 15 is 0 Å². The number of likely N-dealkylation sites (N-methyl/N-ethyl adjacent to an activating group) is 1. The number of thiophene rings is 1. The van der Waals surface area contributed by atoms with Crippen molar-refractivity contribution in [3.63, 3.8) is 0 Å². The SMILES string of the molecule is CCc1cccc(NC(=O)CN(C)Cc2csc(Br)c2)c1. The van der Waals surface area contributed by atoms with Crippen LogP contribution in [0.5, 0.6) is 0 Å². The van der Waals surface area contributed by atoms with Crippen LogP contribution in [0.1, 0.15) is 18.1 Å². The average Bonchev–Trinajstić information content (AvgIpc) is 2.83. The summed E-state index contributed by atoms with van der Waals surface area (Å²) in [6.45, 7) is 3.25. The van der Waals surface area contributed by atoms with Gasteiger partial charge in [-0.25, -0.2) is 0 Å². The maximum atomic E-state index is 12.1. The topological polar surface area (TPSA) is 32.3 Å². The molecule has 0 saturated carbocycles. The van der Waals surface area contributed by atoms with E-state index in [0.717, 1.165) is 22.4 Å². The summed E-state index contributed by atoms with van der Waals surface area (Å²) in [5, 5.41) is 5.05. The van der Waals surface area contributed by atoms with E-state index in [1.54, 1.807) is 11.3 Å². The molecule has 0 atom stereocenters. The minimum absolute atomic E-state index is 0.0139. The Morgan fingerprint density at radius 2 is 2.14 bits per heavy atom. The molecule has 112 valence electrons. The third-order valence-electron chi connectivity index (χ3n) is 3.11. The van der Waals surface area contributed by atoms with E-state index in [4.69, 9.17) is 0 Å². The molecule has 0 bridgehead atoms. The van der Waals surface area contributed by atoms with Gasteiger partial charge in [0.05, 0.1) is 10.3 Å². The summed E-state index contributed by atoms with van der Waals surface area (Å²) in [7, 11) is 1.95. The smallest absolute Gasteiger partial charge is 0.238 e. The quantitative estimate of drug-likeness (QED) is 0.832. The minimum atomic E-state index is 0.0139. The lowest BCUT2D eigenvalue weighted by Crippen LogP contribution is -2.29. The molecular weight excluding hydrogens is 348 g/mol. The molecule has 0 unspecified atom stereocenters. The molecule has 1 aromatic carbocycles. The molecule has 0 radical (unpaired) electrons. The Labute approximate surface area is 138 Å². The second kappa shape index (κ2) is 7.73. The van der Waals surface area contributed by atoms with Gasteiger partial charge in [0, 0.05) is 12.2 Å². The summed E-state index contributed by atoms with van der Waals surface area (Å²) >= 11 is 5.11. The van der Waals surface area contributed by atoms with Crippen molar-refractivity contribution in [3.05, 3.63) is 50.6 Å². The van der Waals surface area contributed by atoms with Crippen molar-refractivity contribution in [1.82, 2.24) is 4.90 Å². The maximum absolute atomic E-state index is 12.1. The van der Waals surface area contributed by atoms with Crippen LogP contribution in [0.2, 0.25) is 0 Å². The molecule has 1 aromatic heterocycles. The molecule has 0 aliphatic rings. The maximum Gasteiger partial charge on any atom is 0.238 e. The summed E-state index contributed by atoms with van der Waals surface area (Å²) in [4.78, 5) is 14.1. The molecule has 21 heavy (non-hydrogen) atoms. The van der Waals surface area contributed by atoms with Crippen LogP contribution in [0, 0.1) is 0 Å². The van der Waals surface area contributed by atoms with Gasteiger partial charge >= 0.3 is 0 Å². The number of carbonyl (C=O) groups excluding carboxylic acids is 1. The number of nitrogens with zero attached hydrogens (tertiary/aromatic N) is 1. The zero-order valence-electron chi connectivity index (χ0n) is 12.2.